The maximum Gasteiger partial charge on any atom is 0.254 e. The Kier molecular flexibility index (Phi) is 5.76. The van der Waals surface area contributed by atoms with E-state index in [1.807, 2.05) is 24.3 Å². The van der Waals surface area contributed by atoms with Crippen molar-refractivity contribution in [3.63, 3.8) is 0 Å². The molecule has 1 amide bonds. The monoisotopic (exact) mass is 405 g/mol. The van der Waals surface area contributed by atoms with Gasteiger partial charge in [0.25, 0.3) is 5.91 Å². The molecule has 0 saturated carbocycles. The first-order chi connectivity index (χ1) is 13.3. The molecule has 150 valence electrons. The summed E-state index contributed by atoms with van der Waals surface area (Å²) < 4.78 is 33.7. The summed E-state index contributed by atoms with van der Waals surface area (Å²) in [5.74, 6) is 0.674. The first-order valence-electron chi connectivity index (χ1n) is 8.72. The van der Waals surface area contributed by atoms with E-state index in [-0.39, 0.29) is 22.1 Å². The van der Waals surface area contributed by atoms with Gasteiger partial charge in [-0.05, 0) is 42.5 Å². The standard InChI is InChI=1S/C19H23N3O5S/c1-26-16-6-4-15(5-7-16)21-9-11-22(12-10-21)19(23)14-3-8-17(27-2)18(13-14)28(20,24)25/h3-8,13H,9-12H2,1-2H3,(H2,20,24,25). The predicted octanol–water partition coefficient (Wildman–Crippen LogP) is 1.31. The minimum absolute atomic E-state index is 0.114. The molecule has 1 aliphatic rings. The third-order valence-electron chi connectivity index (χ3n) is 4.72. The van der Waals surface area contributed by atoms with E-state index >= 15 is 0 Å². The van der Waals surface area contributed by atoms with E-state index in [9.17, 15) is 13.2 Å². The maximum atomic E-state index is 12.8. The Morgan fingerprint density at radius 1 is 0.964 bits per heavy atom. The number of anilines is 1. The van der Waals surface area contributed by atoms with Crippen molar-refractivity contribution in [3.8, 4) is 11.5 Å². The van der Waals surface area contributed by atoms with Crippen LogP contribution in [-0.4, -0.2) is 59.6 Å². The zero-order valence-electron chi connectivity index (χ0n) is 15.8. The summed E-state index contributed by atoms with van der Waals surface area (Å²) in [4.78, 5) is 16.5. The SMILES string of the molecule is COc1ccc(N2CCN(C(=O)c3ccc(OC)c(S(N)(=O)=O)c3)CC2)cc1. The van der Waals surface area contributed by atoms with Crippen molar-refractivity contribution in [1.29, 1.82) is 0 Å². The topological polar surface area (TPSA) is 102 Å². The fourth-order valence-corrected chi connectivity index (χ4v) is 3.90. The van der Waals surface area contributed by atoms with Crippen molar-refractivity contribution in [2.24, 2.45) is 5.14 Å². The number of hydrogen-bond acceptors (Lipinski definition) is 6. The van der Waals surface area contributed by atoms with Gasteiger partial charge < -0.3 is 19.3 Å². The molecule has 0 aliphatic carbocycles. The molecule has 9 heteroatoms. The molecular weight excluding hydrogens is 382 g/mol. The van der Waals surface area contributed by atoms with E-state index in [4.69, 9.17) is 14.6 Å². The van der Waals surface area contributed by atoms with E-state index in [0.29, 0.717) is 26.2 Å². The highest BCUT2D eigenvalue weighted by atomic mass is 32.2. The first kappa shape index (κ1) is 20.0. The third-order valence-corrected chi connectivity index (χ3v) is 5.65. The van der Waals surface area contributed by atoms with E-state index < -0.39 is 10.0 Å². The van der Waals surface area contributed by atoms with Crippen molar-refractivity contribution >= 4 is 21.6 Å². The van der Waals surface area contributed by atoms with E-state index in [2.05, 4.69) is 4.90 Å². The lowest BCUT2D eigenvalue weighted by atomic mass is 10.1. The number of benzene rings is 2. The number of nitrogens with two attached hydrogens (primary N) is 1. The summed E-state index contributed by atoms with van der Waals surface area (Å²) in [5, 5.41) is 5.24. The number of amides is 1. The minimum Gasteiger partial charge on any atom is -0.497 e. The number of primary sulfonamides is 1. The fourth-order valence-electron chi connectivity index (χ4n) is 3.18. The van der Waals surface area contributed by atoms with Gasteiger partial charge in [-0.2, -0.15) is 0 Å². The van der Waals surface area contributed by atoms with Crippen LogP contribution in [0.2, 0.25) is 0 Å². The van der Waals surface area contributed by atoms with E-state index in [1.165, 1.54) is 19.2 Å². The summed E-state index contributed by atoms with van der Waals surface area (Å²) in [5.41, 5.74) is 1.33. The second kappa shape index (κ2) is 8.07. The second-order valence-corrected chi connectivity index (χ2v) is 7.92. The number of nitrogens with zero attached hydrogens (tertiary/aromatic N) is 2. The van der Waals surface area contributed by atoms with Gasteiger partial charge in [0.05, 0.1) is 14.2 Å². The fraction of sp³-hybridized carbons (Fsp3) is 0.316. The van der Waals surface area contributed by atoms with Gasteiger partial charge in [0.15, 0.2) is 0 Å². The van der Waals surface area contributed by atoms with Crippen LogP contribution in [0.4, 0.5) is 5.69 Å². The normalized spacial score (nSPS) is 14.7. The third kappa shape index (κ3) is 4.20. The van der Waals surface area contributed by atoms with Crippen LogP contribution in [0.5, 0.6) is 11.5 Å². The Bertz CT molecular complexity index is 952. The lowest BCUT2D eigenvalue weighted by Crippen LogP contribution is -2.48. The highest BCUT2D eigenvalue weighted by Crippen LogP contribution is 2.25. The van der Waals surface area contributed by atoms with Crippen molar-refractivity contribution in [2.75, 3.05) is 45.3 Å². The van der Waals surface area contributed by atoms with E-state index in [1.54, 1.807) is 18.1 Å². The van der Waals surface area contributed by atoms with Gasteiger partial charge in [-0.1, -0.05) is 0 Å². The largest absolute Gasteiger partial charge is 0.497 e. The highest BCUT2D eigenvalue weighted by Gasteiger charge is 2.24. The molecule has 2 aromatic rings. The number of rotatable bonds is 5. The lowest BCUT2D eigenvalue weighted by Gasteiger charge is -2.36. The zero-order chi connectivity index (χ0) is 20.3. The molecule has 0 spiro atoms. The first-order valence-corrected chi connectivity index (χ1v) is 10.3. The number of methoxy groups -OCH3 is 2. The van der Waals surface area contributed by atoms with Gasteiger partial charge in [-0.3, -0.25) is 4.79 Å². The van der Waals surface area contributed by atoms with Crippen LogP contribution >= 0.6 is 0 Å². The molecule has 8 nitrogen and oxygen atoms in total. The van der Waals surface area contributed by atoms with Crippen LogP contribution in [0.15, 0.2) is 47.4 Å². The van der Waals surface area contributed by atoms with Crippen LogP contribution in [0.25, 0.3) is 0 Å². The van der Waals surface area contributed by atoms with E-state index in [0.717, 1.165) is 11.4 Å². The van der Waals surface area contributed by atoms with Gasteiger partial charge in [0.2, 0.25) is 10.0 Å². The van der Waals surface area contributed by atoms with Gasteiger partial charge in [0, 0.05) is 37.4 Å². The molecule has 0 unspecified atom stereocenters. The average Bonchev–Trinajstić information content (AvgIpc) is 2.72. The van der Waals surface area contributed by atoms with Crippen molar-refractivity contribution in [1.82, 2.24) is 4.90 Å². The second-order valence-electron chi connectivity index (χ2n) is 6.39. The van der Waals surface area contributed by atoms with Gasteiger partial charge in [0.1, 0.15) is 16.4 Å². The van der Waals surface area contributed by atoms with Gasteiger partial charge >= 0.3 is 0 Å². The number of carbonyl (C=O) groups is 1. The number of carbonyl (C=O) groups excluding carboxylic acids is 1. The quantitative estimate of drug-likeness (QED) is 0.805. The molecule has 1 fully saturated rings. The van der Waals surface area contributed by atoms with Crippen molar-refractivity contribution in [2.45, 2.75) is 4.90 Å². The van der Waals surface area contributed by atoms with Crippen LogP contribution in [0.3, 0.4) is 0 Å². The molecule has 2 N–H and O–H groups in total. The molecule has 0 radical (unpaired) electrons. The van der Waals surface area contributed by atoms with Gasteiger partial charge in [-0.25, -0.2) is 13.6 Å². The Hall–Kier alpha value is -2.78. The predicted molar refractivity (Wildman–Crippen MR) is 105 cm³/mol. The summed E-state index contributed by atoms with van der Waals surface area (Å²) in [6, 6.07) is 12.0. The number of hydrogen-bond donors (Lipinski definition) is 1. The number of ether oxygens (including phenoxy) is 2. The average molecular weight is 405 g/mol. The molecule has 0 aromatic heterocycles. The molecule has 0 bridgehead atoms. The maximum absolute atomic E-state index is 12.8. The zero-order valence-corrected chi connectivity index (χ0v) is 16.6. The van der Waals surface area contributed by atoms with Crippen LogP contribution < -0.4 is 19.5 Å². The minimum atomic E-state index is -4.00. The van der Waals surface area contributed by atoms with Crippen LogP contribution in [0, 0.1) is 0 Å². The van der Waals surface area contributed by atoms with Crippen LogP contribution in [-0.2, 0) is 10.0 Å². The Morgan fingerprint density at radius 3 is 2.14 bits per heavy atom. The Morgan fingerprint density at radius 2 is 1.61 bits per heavy atom. The summed E-state index contributed by atoms with van der Waals surface area (Å²) in [6.07, 6.45) is 0. The highest BCUT2D eigenvalue weighted by molar-refractivity contribution is 7.89. The molecule has 1 aliphatic heterocycles. The smallest absolute Gasteiger partial charge is 0.254 e. The van der Waals surface area contributed by atoms with Crippen molar-refractivity contribution < 1.29 is 22.7 Å². The molecule has 1 saturated heterocycles. The number of sulfonamides is 1. The molecular formula is C19H23N3O5S. The molecule has 3 rings (SSSR count). The summed E-state index contributed by atoms with van der Waals surface area (Å²) in [6.45, 7) is 2.41. The molecule has 0 atom stereocenters. The van der Waals surface area contributed by atoms with Crippen LogP contribution in [0.1, 0.15) is 10.4 Å². The number of piperazine rings is 1. The Labute approximate surface area is 164 Å². The lowest BCUT2D eigenvalue weighted by molar-refractivity contribution is 0.0746. The van der Waals surface area contributed by atoms with Gasteiger partial charge in [-0.15, -0.1) is 0 Å². The molecule has 2 aromatic carbocycles. The summed E-state index contributed by atoms with van der Waals surface area (Å²) >= 11 is 0. The van der Waals surface area contributed by atoms with Crippen molar-refractivity contribution in [3.05, 3.63) is 48.0 Å². The summed E-state index contributed by atoms with van der Waals surface area (Å²) in [7, 11) is -1.02. The molecule has 1 heterocycles. The molecule has 28 heavy (non-hydrogen) atoms. The Balaban J connectivity index is 1.71.